The molecule has 2 saturated heterocycles. The van der Waals surface area contributed by atoms with Crippen molar-refractivity contribution in [1.82, 2.24) is 33.9 Å². The minimum atomic E-state index is -4.01. The zero-order valence-electron chi connectivity index (χ0n) is 36.6. The predicted octanol–water partition coefficient (Wildman–Crippen LogP) is 7.20. The zero-order chi connectivity index (χ0) is 45.8. The normalized spacial score (nSPS) is 21.0. The molecule has 5 aromatic rings. The molecule has 2 aliphatic heterocycles. The van der Waals surface area contributed by atoms with Crippen LogP contribution in [0.1, 0.15) is 101 Å². The topological polar surface area (TPSA) is 188 Å². The lowest BCUT2D eigenvalue weighted by atomic mass is 9.66. The SMILES string of the molecule is CCN(C)S(=O)(=O)Nc1ccc(F)c(Oc2ccc3ncn(C4CCC5(CC4)CCN(C4CCC(c6cc7c(cc6F)c(N6CCC(=O)NC6=O)nn7C)CC4)CC5)c(=O)c3c2)c1C#N. The zero-order valence-corrected chi connectivity index (χ0v) is 37.5. The maximum absolute atomic E-state index is 15.8. The number of aromatic nitrogens is 4. The Kier molecular flexibility index (Phi) is 11.9. The molecule has 19 heteroatoms. The number of anilines is 2. The van der Waals surface area contributed by atoms with E-state index in [1.807, 2.05) is 12.1 Å². The molecule has 2 N–H and O–H groups in total. The van der Waals surface area contributed by atoms with Crippen LogP contribution in [0, 0.1) is 28.4 Å². The Hall–Kier alpha value is -5.97. The van der Waals surface area contributed by atoms with Gasteiger partial charge < -0.3 is 9.64 Å². The highest BCUT2D eigenvalue weighted by Gasteiger charge is 2.41. The molecule has 65 heavy (non-hydrogen) atoms. The van der Waals surface area contributed by atoms with Crippen LogP contribution in [0.25, 0.3) is 21.8 Å². The number of ether oxygens (including phenoxy) is 1. The van der Waals surface area contributed by atoms with Gasteiger partial charge in [0, 0.05) is 51.1 Å². The highest BCUT2D eigenvalue weighted by atomic mass is 32.2. The minimum Gasteiger partial charge on any atom is -0.453 e. The third kappa shape index (κ3) is 8.43. The maximum Gasteiger partial charge on any atom is 0.329 e. The Bertz CT molecular complexity index is 2910. The fourth-order valence-electron chi connectivity index (χ4n) is 10.5. The van der Waals surface area contributed by atoms with Crippen molar-refractivity contribution in [2.45, 2.75) is 95.6 Å². The van der Waals surface area contributed by atoms with Gasteiger partial charge in [-0.2, -0.15) is 23.1 Å². The summed E-state index contributed by atoms with van der Waals surface area (Å²) in [6.07, 6.45) is 11.3. The molecule has 9 rings (SSSR count). The molecule has 342 valence electrons. The first-order valence-corrected chi connectivity index (χ1v) is 23.8. The number of hydrogen-bond acceptors (Lipinski definition) is 10. The summed E-state index contributed by atoms with van der Waals surface area (Å²) < 4.78 is 68.9. The molecule has 0 atom stereocenters. The molecule has 3 amide bonds. The van der Waals surface area contributed by atoms with Gasteiger partial charge >= 0.3 is 16.2 Å². The summed E-state index contributed by atoms with van der Waals surface area (Å²) in [6, 6.07) is 11.9. The average Bonchev–Trinajstić information content (AvgIpc) is 3.61. The monoisotopic (exact) mass is 910 g/mol. The quantitative estimate of drug-likeness (QED) is 0.145. The van der Waals surface area contributed by atoms with Gasteiger partial charge in [0.2, 0.25) is 5.91 Å². The van der Waals surface area contributed by atoms with Crippen molar-refractivity contribution in [3.63, 3.8) is 0 Å². The maximum atomic E-state index is 15.8. The number of nitrogens with one attached hydrogen (secondary N) is 2. The lowest BCUT2D eigenvalue weighted by Gasteiger charge is -2.48. The second-order valence-electron chi connectivity index (χ2n) is 18.0. The molecule has 2 aromatic heterocycles. The van der Waals surface area contributed by atoms with Crippen molar-refractivity contribution in [3.05, 3.63) is 81.9 Å². The number of piperidine rings is 1. The van der Waals surface area contributed by atoms with Crippen LogP contribution in [-0.2, 0) is 22.1 Å². The minimum absolute atomic E-state index is 0.0380. The Morgan fingerprint density at radius 2 is 1.68 bits per heavy atom. The van der Waals surface area contributed by atoms with Crippen molar-refractivity contribution in [3.8, 4) is 17.6 Å². The highest BCUT2D eigenvalue weighted by molar-refractivity contribution is 7.90. The molecule has 0 bridgehead atoms. The molecule has 4 aliphatic rings. The van der Waals surface area contributed by atoms with Crippen LogP contribution in [-0.4, -0.2) is 88.2 Å². The van der Waals surface area contributed by atoms with Gasteiger partial charge in [-0.15, -0.1) is 0 Å². The fraction of sp³-hybridized carbons (Fsp3) is 0.478. The van der Waals surface area contributed by atoms with E-state index in [-0.39, 0.29) is 76.6 Å². The Morgan fingerprint density at radius 3 is 2.37 bits per heavy atom. The number of benzene rings is 3. The number of halogens is 2. The van der Waals surface area contributed by atoms with Crippen LogP contribution < -0.4 is 25.2 Å². The number of amides is 3. The summed E-state index contributed by atoms with van der Waals surface area (Å²) in [7, 11) is -0.854. The number of imide groups is 1. The predicted molar refractivity (Wildman–Crippen MR) is 240 cm³/mol. The van der Waals surface area contributed by atoms with Crippen molar-refractivity contribution in [1.29, 1.82) is 5.26 Å². The number of hydrogen-bond donors (Lipinski definition) is 2. The van der Waals surface area contributed by atoms with Gasteiger partial charge in [-0.1, -0.05) is 6.92 Å². The van der Waals surface area contributed by atoms with E-state index in [1.165, 1.54) is 30.1 Å². The molecule has 3 aromatic carbocycles. The summed E-state index contributed by atoms with van der Waals surface area (Å²) in [4.78, 5) is 46.8. The van der Waals surface area contributed by atoms with Crippen LogP contribution >= 0.6 is 0 Å². The number of carbonyl (C=O) groups is 2. The van der Waals surface area contributed by atoms with Crippen LogP contribution in [0.5, 0.6) is 11.5 Å². The standard InChI is InChI=1S/C46H52F2N10O6S/c1-4-54(2)65(62,63)53-39-12-10-36(47)42(35(39)26-49)64-31-9-11-38-33(23-31)44(60)58(27-50-38)30-13-16-46(17-14-30)18-21-56(22-19-46)29-7-5-28(6-8-29)32-25-40-34(24-37(32)48)43(52-55(40)3)57-20-15-41(59)51-45(57)61/h9-12,23-25,27-30,53H,4-8,13-22H2,1-3H3,(H,51,59,61). The van der Waals surface area contributed by atoms with Crippen molar-refractivity contribution in [2.75, 3.05) is 42.8 Å². The van der Waals surface area contributed by atoms with Gasteiger partial charge in [0.1, 0.15) is 23.2 Å². The van der Waals surface area contributed by atoms with Gasteiger partial charge in [-0.05, 0) is 137 Å². The second-order valence-corrected chi connectivity index (χ2v) is 19.8. The van der Waals surface area contributed by atoms with E-state index in [0.29, 0.717) is 28.3 Å². The summed E-state index contributed by atoms with van der Waals surface area (Å²) in [5.41, 5.74) is 1.36. The third-order valence-electron chi connectivity index (χ3n) is 14.5. The number of likely N-dealkylation sites (tertiary alicyclic amines) is 1. The van der Waals surface area contributed by atoms with Gasteiger partial charge in [-0.3, -0.25) is 33.8 Å². The summed E-state index contributed by atoms with van der Waals surface area (Å²) in [5.74, 6) is -1.44. The first-order valence-electron chi connectivity index (χ1n) is 22.3. The van der Waals surface area contributed by atoms with E-state index < -0.39 is 27.8 Å². The molecule has 1 spiro atoms. The van der Waals surface area contributed by atoms with E-state index in [0.717, 1.165) is 99.3 Å². The van der Waals surface area contributed by atoms with Gasteiger partial charge in [-0.25, -0.2) is 18.6 Å². The molecule has 0 radical (unpaired) electrons. The van der Waals surface area contributed by atoms with E-state index in [9.17, 15) is 28.1 Å². The van der Waals surface area contributed by atoms with E-state index in [2.05, 4.69) is 25.0 Å². The van der Waals surface area contributed by atoms with Crippen molar-refractivity contribution in [2.24, 2.45) is 12.5 Å². The van der Waals surface area contributed by atoms with E-state index in [4.69, 9.17) is 4.74 Å². The first-order chi connectivity index (χ1) is 31.2. The number of carbonyl (C=O) groups excluding carboxylic acids is 2. The molecule has 0 unspecified atom stereocenters. The molecule has 2 aliphatic carbocycles. The Labute approximate surface area is 375 Å². The average molecular weight is 911 g/mol. The highest BCUT2D eigenvalue weighted by Crippen LogP contribution is 2.49. The number of nitrogens with zero attached hydrogens (tertiary/aromatic N) is 8. The summed E-state index contributed by atoms with van der Waals surface area (Å²) in [6.45, 7) is 4.03. The first kappa shape index (κ1) is 44.2. The van der Waals surface area contributed by atoms with Crippen LogP contribution in [0.3, 0.4) is 0 Å². The van der Waals surface area contributed by atoms with Gasteiger partial charge in [0.25, 0.3) is 5.56 Å². The van der Waals surface area contributed by atoms with Crippen LogP contribution in [0.4, 0.5) is 25.1 Å². The second kappa shape index (κ2) is 17.4. The lowest BCUT2D eigenvalue weighted by Crippen LogP contribution is -2.49. The van der Waals surface area contributed by atoms with Crippen molar-refractivity contribution >= 4 is 55.5 Å². The van der Waals surface area contributed by atoms with Crippen molar-refractivity contribution < 1.29 is 31.5 Å². The number of aryl methyl sites for hydroxylation is 1. The third-order valence-corrected chi connectivity index (χ3v) is 16.0. The van der Waals surface area contributed by atoms with Gasteiger partial charge in [0.15, 0.2) is 17.4 Å². The molecular formula is C46H52F2N10O6S. The lowest BCUT2D eigenvalue weighted by molar-refractivity contribution is -0.120. The number of nitriles is 1. The number of rotatable bonds is 10. The Morgan fingerprint density at radius 1 is 0.938 bits per heavy atom. The molecule has 4 heterocycles. The summed E-state index contributed by atoms with van der Waals surface area (Å²) in [5, 5.41) is 17.6. The number of urea groups is 1. The Balaban J connectivity index is 0.811. The van der Waals surface area contributed by atoms with Crippen LogP contribution in [0.2, 0.25) is 0 Å². The largest absolute Gasteiger partial charge is 0.453 e. The van der Waals surface area contributed by atoms with E-state index in [1.54, 1.807) is 35.6 Å². The molecule has 2 saturated carbocycles. The molecule has 4 fully saturated rings. The smallest absolute Gasteiger partial charge is 0.329 e. The molecular weight excluding hydrogens is 859 g/mol. The van der Waals surface area contributed by atoms with Gasteiger partial charge in [0.05, 0.1) is 28.4 Å². The van der Waals surface area contributed by atoms with Crippen LogP contribution in [0.15, 0.2) is 53.6 Å². The summed E-state index contributed by atoms with van der Waals surface area (Å²) >= 11 is 0. The van der Waals surface area contributed by atoms with E-state index >= 15 is 8.78 Å². The number of fused-ring (bicyclic) bond motifs is 2. The molecule has 16 nitrogen and oxygen atoms in total. The fourth-order valence-corrected chi connectivity index (χ4v) is 11.4.